The van der Waals surface area contributed by atoms with Crippen LogP contribution in [-0.2, 0) is 0 Å². The van der Waals surface area contributed by atoms with Gasteiger partial charge in [-0.1, -0.05) is 12.1 Å². The molecule has 1 heterocycles. The highest BCUT2D eigenvalue weighted by molar-refractivity contribution is 5.95. The summed E-state index contributed by atoms with van der Waals surface area (Å²) >= 11 is 0. The summed E-state index contributed by atoms with van der Waals surface area (Å²) in [6.07, 6.45) is 0. The Balaban J connectivity index is 2.61. The summed E-state index contributed by atoms with van der Waals surface area (Å²) in [5, 5.41) is 3.97. The Hall–Kier alpha value is -1.91. The molecule has 0 spiro atoms. The van der Waals surface area contributed by atoms with E-state index in [0.717, 1.165) is 23.3 Å². The lowest BCUT2D eigenvalue weighted by Crippen LogP contribution is -2.04. The number of aromatic nitrogens is 1. The lowest BCUT2D eigenvalue weighted by molar-refractivity contribution is -0.0489. The fourth-order valence-electron chi connectivity index (χ4n) is 1.88. The van der Waals surface area contributed by atoms with E-state index in [1.807, 2.05) is 26.0 Å². The van der Waals surface area contributed by atoms with Gasteiger partial charge in [-0.15, -0.1) is 0 Å². The van der Waals surface area contributed by atoms with Gasteiger partial charge >= 0.3 is 6.61 Å². The molecule has 0 fully saturated rings. The second-order valence-electron chi connectivity index (χ2n) is 3.87. The highest BCUT2D eigenvalue weighted by Gasteiger charge is 2.12. The molecule has 0 unspecified atom stereocenters. The Labute approximate surface area is 104 Å². The molecule has 18 heavy (non-hydrogen) atoms. The molecule has 0 aliphatic heterocycles. The van der Waals surface area contributed by atoms with Crippen molar-refractivity contribution < 1.29 is 13.5 Å². The average molecular weight is 252 g/mol. The summed E-state index contributed by atoms with van der Waals surface area (Å²) in [6.45, 7) is 1.69. The van der Waals surface area contributed by atoms with E-state index in [4.69, 9.17) is 0 Å². The molecule has 0 aliphatic rings. The van der Waals surface area contributed by atoms with Crippen molar-refractivity contribution in [3.8, 4) is 5.75 Å². The first-order valence-electron chi connectivity index (χ1n) is 5.71. The number of aryl methyl sites for hydroxylation is 1. The molecule has 2 aromatic rings. The maximum Gasteiger partial charge on any atom is 0.387 e. The van der Waals surface area contributed by atoms with Crippen molar-refractivity contribution >= 4 is 16.6 Å². The normalized spacial score (nSPS) is 10.9. The van der Waals surface area contributed by atoms with Crippen LogP contribution < -0.4 is 10.1 Å². The van der Waals surface area contributed by atoms with Gasteiger partial charge in [-0.3, -0.25) is 0 Å². The van der Waals surface area contributed by atoms with Crippen LogP contribution in [-0.4, -0.2) is 18.1 Å². The number of hydrogen-bond acceptors (Lipinski definition) is 3. The van der Waals surface area contributed by atoms with E-state index in [-0.39, 0.29) is 5.75 Å². The highest BCUT2D eigenvalue weighted by Crippen LogP contribution is 2.30. The topological polar surface area (TPSA) is 34.2 Å². The monoisotopic (exact) mass is 252 g/mol. The SMILES string of the molecule is CCNc1cc(C)nc2c(OC(F)F)cccc12. The predicted molar refractivity (Wildman–Crippen MR) is 67.3 cm³/mol. The zero-order chi connectivity index (χ0) is 13.1. The summed E-state index contributed by atoms with van der Waals surface area (Å²) in [4.78, 5) is 4.27. The lowest BCUT2D eigenvalue weighted by atomic mass is 10.1. The molecule has 0 saturated carbocycles. The minimum Gasteiger partial charge on any atom is -0.432 e. The van der Waals surface area contributed by atoms with E-state index < -0.39 is 6.61 Å². The summed E-state index contributed by atoms with van der Waals surface area (Å²) in [6, 6.07) is 6.89. The first kappa shape index (κ1) is 12.5. The Bertz CT molecular complexity index is 558. The minimum atomic E-state index is -2.85. The lowest BCUT2D eigenvalue weighted by Gasteiger charge is -2.12. The first-order valence-corrected chi connectivity index (χ1v) is 5.71. The number of alkyl halides is 2. The van der Waals surface area contributed by atoms with Crippen molar-refractivity contribution in [2.45, 2.75) is 20.5 Å². The van der Waals surface area contributed by atoms with Gasteiger partial charge in [0.25, 0.3) is 0 Å². The average Bonchev–Trinajstić information content (AvgIpc) is 2.30. The number of benzene rings is 1. The Kier molecular flexibility index (Phi) is 3.60. The van der Waals surface area contributed by atoms with Crippen LogP contribution >= 0.6 is 0 Å². The molecule has 0 amide bonds. The van der Waals surface area contributed by atoms with E-state index in [0.29, 0.717) is 5.52 Å². The summed E-state index contributed by atoms with van der Waals surface area (Å²) in [5.74, 6) is 0.102. The van der Waals surface area contributed by atoms with Gasteiger partial charge in [0.2, 0.25) is 0 Å². The van der Waals surface area contributed by atoms with Crippen LogP contribution in [0, 0.1) is 6.92 Å². The molecule has 3 nitrogen and oxygen atoms in total. The number of anilines is 1. The third-order valence-corrected chi connectivity index (χ3v) is 2.51. The van der Waals surface area contributed by atoms with Crippen molar-refractivity contribution in [3.05, 3.63) is 30.0 Å². The quantitative estimate of drug-likeness (QED) is 0.903. The molecular weight excluding hydrogens is 238 g/mol. The van der Waals surface area contributed by atoms with Crippen molar-refractivity contribution in [1.29, 1.82) is 0 Å². The highest BCUT2D eigenvalue weighted by atomic mass is 19.3. The van der Waals surface area contributed by atoms with Gasteiger partial charge in [-0.05, 0) is 26.0 Å². The number of nitrogens with zero attached hydrogens (tertiary/aromatic N) is 1. The molecule has 1 aromatic carbocycles. The second kappa shape index (κ2) is 5.16. The third-order valence-electron chi connectivity index (χ3n) is 2.51. The molecule has 96 valence electrons. The molecule has 0 radical (unpaired) electrons. The number of halogens is 2. The molecule has 0 saturated heterocycles. The van der Waals surface area contributed by atoms with Crippen molar-refractivity contribution in [1.82, 2.24) is 4.98 Å². The summed E-state index contributed by atoms with van der Waals surface area (Å²) in [5.41, 5.74) is 2.08. The predicted octanol–water partition coefficient (Wildman–Crippen LogP) is 3.58. The fraction of sp³-hybridized carbons (Fsp3) is 0.308. The third kappa shape index (κ3) is 2.50. The van der Waals surface area contributed by atoms with Gasteiger partial charge in [0.05, 0.1) is 0 Å². The molecule has 0 bridgehead atoms. The molecule has 1 N–H and O–H groups in total. The Morgan fingerprint density at radius 1 is 1.39 bits per heavy atom. The van der Waals surface area contributed by atoms with Crippen molar-refractivity contribution in [3.63, 3.8) is 0 Å². The van der Waals surface area contributed by atoms with Gasteiger partial charge < -0.3 is 10.1 Å². The van der Waals surface area contributed by atoms with Crippen LogP contribution in [0.25, 0.3) is 10.9 Å². The van der Waals surface area contributed by atoms with Crippen LogP contribution in [0.2, 0.25) is 0 Å². The van der Waals surface area contributed by atoms with Crippen LogP contribution in [0.1, 0.15) is 12.6 Å². The smallest absolute Gasteiger partial charge is 0.387 e. The van der Waals surface area contributed by atoms with E-state index in [9.17, 15) is 8.78 Å². The van der Waals surface area contributed by atoms with E-state index in [1.54, 1.807) is 6.07 Å². The zero-order valence-corrected chi connectivity index (χ0v) is 10.2. The van der Waals surface area contributed by atoms with Crippen LogP contribution in [0.15, 0.2) is 24.3 Å². The number of nitrogens with one attached hydrogen (secondary N) is 1. The standard InChI is InChI=1S/C13H14F2N2O/c1-3-16-10-7-8(2)17-12-9(10)5-4-6-11(12)18-13(14)15/h4-7,13H,3H2,1-2H3,(H,16,17). The summed E-state index contributed by atoms with van der Waals surface area (Å²) in [7, 11) is 0. The summed E-state index contributed by atoms with van der Waals surface area (Å²) < 4.78 is 29.2. The van der Waals surface area contributed by atoms with Crippen LogP contribution in [0.5, 0.6) is 5.75 Å². The second-order valence-corrected chi connectivity index (χ2v) is 3.87. The number of ether oxygens (including phenoxy) is 1. The van der Waals surface area contributed by atoms with Crippen molar-refractivity contribution in [2.24, 2.45) is 0 Å². The minimum absolute atomic E-state index is 0.102. The van der Waals surface area contributed by atoms with Gasteiger partial charge in [-0.2, -0.15) is 8.78 Å². The fourth-order valence-corrected chi connectivity index (χ4v) is 1.88. The van der Waals surface area contributed by atoms with Crippen molar-refractivity contribution in [2.75, 3.05) is 11.9 Å². The molecule has 2 rings (SSSR count). The van der Waals surface area contributed by atoms with Gasteiger partial charge in [0.15, 0.2) is 5.75 Å². The Morgan fingerprint density at radius 3 is 2.83 bits per heavy atom. The van der Waals surface area contributed by atoms with Gasteiger partial charge in [0, 0.05) is 23.3 Å². The number of para-hydroxylation sites is 1. The first-order chi connectivity index (χ1) is 8.61. The largest absolute Gasteiger partial charge is 0.432 e. The number of rotatable bonds is 4. The maximum atomic E-state index is 12.3. The van der Waals surface area contributed by atoms with E-state index >= 15 is 0 Å². The maximum absolute atomic E-state index is 12.3. The van der Waals surface area contributed by atoms with Crippen LogP contribution in [0.4, 0.5) is 14.5 Å². The van der Waals surface area contributed by atoms with Gasteiger partial charge in [0.1, 0.15) is 5.52 Å². The number of hydrogen-bond donors (Lipinski definition) is 1. The van der Waals surface area contributed by atoms with E-state index in [1.165, 1.54) is 6.07 Å². The molecular formula is C13H14F2N2O. The number of pyridine rings is 1. The molecule has 0 atom stereocenters. The van der Waals surface area contributed by atoms with E-state index in [2.05, 4.69) is 15.0 Å². The zero-order valence-electron chi connectivity index (χ0n) is 10.2. The van der Waals surface area contributed by atoms with Gasteiger partial charge in [-0.25, -0.2) is 4.98 Å². The molecule has 0 aliphatic carbocycles. The number of fused-ring (bicyclic) bond motifs is 1. The Morgan fingerprint density at radius 2 is 2.17 bits per heavy atom. The molecule has 1 aromatic heterocycles. The molecule has 5 heteroatoms. The van der Waals surface area contributed by atoms with Crippen LogP contribution in [0.3, 0.4) is 0 Å².